The maximum absolute atomic E-state index is 13.5. The van der Waals surface area contributed by atoms with Crippen molar-refractivity contribution in [2.75, 3.05) is 13.7 Å². The number of carbonyl (C=O) groups is 1. The fraction of sp³-hybridized carbons (Fsp3) is 0.385. The van der Waals surface area contributed by atoms with E-state index >= 15 is 0 Å². The van der Waals surface area contributed by atoms with Gasteiger partial charge in [0.25, 0.3) is 5.91 Å². The molecule has 3 aromatic rings. The van der Waals surface area contributed by atoms with Gasteiger partial charge in [0.15, 0.2) is 0 Å². The minimum atomic E-state index is 0.109. The molecule has 31 heavy (non-hydrogen) atoms. The van der Waals surface area contributed by atoms with Gasteiger partial charge in [0.1, 0.15) is 5.75 Å². The summed E-state index contributed by atoms with van der Waals surface area (Å²) in [7, 11) is 1.67. The maximum atomic E-state index is 13.5. The highest BCUT2D eigenvalue weighted by Crippen LogP contribution is 2.26. The lowest BCUT2D eigenvalue weighted by molar-refractivity contribution is 0.0613. The standard InChI is InChI=1S/C26H31N3O2/c1-19-15-20(2)29(27-19)18-23-17-22(12-13-25(23)31-3)26(30)28-14-8-7-11-24(28)16-21-9-5-4-6-10-21/h4-6,9-10,12-13,15,17,24H,7-8,11,14,16,18H2,1-3H3. The van der Waals surface area contributed by atoms with Crippen molar-refractivity contribution in [2.45, 2.75) is 52.1 Å². The van der Waals surface area contributed by atoms with Crippen LogP contribution in [0, 0.1) is 13.8 Å². The van der Waals surface area contributed by atoms with Crippen LogP contribution in [0.2, 0.25) is 0 Å². The average Bonchev–Trinajstić information content (AvgIpc) is 3.11. The van der Waals surface area contributed by atoms with E-state index in [0.29, 0.717) is 6.54 Å². The smallest absolute Gasteiger partial charge is 0.254 e. The Labute approximate surface area is 184 Å². The Hall–Kier alpha value is -3.08. The number of aryl methyl sites for hydroxylation is 2. The van der Waals surface area contributed by atoms with Crippen LogP contribution in [-0.2, 0) is 13.0 Å². The van der Waals surface area contributed by atoms with Crippen molar-refractivity contribution in [2.24, 2.45) is 0 Å². The van der Waals surface area contributed by atoms with Crippen molar-refractivity contribution in [1.29, 1.82) is 0 Å². The number of benzene rings is 2. The Kier molecular flexibility index (Phi) is 6.40. The quantitative estimate of drug-likeness (QED) is 0.579. The molecule has 1 aromatic heterocycles. The second-order valence-corrected chi connectivity index (χ2v) is 8.45. The zero-order chi connectivity index (χ0) is 21.8. The van der Waals surface area contributed by atoms with Crippen molar-refractivity contribution >= 4 is 5.91 Å². The second kappa shape index (κ2) is 9.38. The van der Waals surface area contributed by atoms with Gasteiger partial charge in [-0.05, 0) is 69.4 Å². The Bertz CT molecular complexity index is 1040. The molecule has 0 radical (unpaired) electrons. The first-order valence-corrected chi connectivity index (χ1v) is 11.1. The van der Waals surface area contributed by atoms with E-state index in [1.165, 1.54) is 12.0 Å². The van der Waals surface area contributed by atoms with Gasteiger partial charge in [0, 0.05) is 29.4 Å². The lowest BCUT2D eigenvalue weighted by Crippen LogP contribution is -2.44. The number of piperidine rings is 1. The zero-order valence-corrected chi connectivity index (χ0v) is 18.7. The molecule has 0 saturated carbocycles. The van der Waals surface area contributed by atoms with Crippen molar-refractivity contribution in [3.05, 3.63) is 82.7 Å². The molecule has 162 valence electrons. The normalized spacial score (nSPS) is 16.4. The molecule has 0 N–H and O–H groups in total. The van der Waals surface area contributed by atoms with Crippen LogP contribution in [0.4, 0.5) is 0 Å². The molecule has 0 spiro atoms. The predicted molar refractivity (Wildman–Crippen MR) is 123 cm³/mol. The van der Waals surface area contributed by atoms with E-state index in [0.717, 1.165) is 54.1 Å². The SMILES string of the molecule is COc1ccc(C(=O)N2CCCCC2Cc2ccccc2)cc1Cn1nc(C)cc1C. The summed E-state index contributed by atoms with van der Waals surface area (Å²) in [6.45, 7) is 5.43. The number of likely N-dealkylation sites (tertiary alicyclic amines) is 1. The van der Waals surface area contributed by atoms with Crippen molar-refractivity contribution in [3.8, 4) is 5.75 Å². The highest BCUT2D eigenvalue weighted by atomic mass is 16.5. The highest BCUT2D eigenvalue weighted by Gasteiger charge is 2.28. The van der Waals surface area contributed by atoms with Gasteiger partial charge >= 0.3 is 0 Å². The Morgan fingerprint density at radius 1 is 1.10 bits per heavy atom. The molecule has 4 rings (SSSR count). The van der Waals surface area contributed by atoms with E-state index in [1.54, 1.807) is 7.11 Å². The van der Waals surface area contributed by atoms with Gasteiger partial charge in [-0.1, -0.05) is 30.3 Å². The summed E-state index contributed by atoms with van der Waals surface area (Å²) in [4.78, 5) is 15.6. The molecule has 1 saturated heterocycles. The van der Waals surface area contributed by atoms with Crippen molar-refractivity contribution in [3.63, 3.8) is 0 Å². The van der Waals surface area contributed by atoms with E-state index < -0.39 is 0 Å². The number of rotatable bonds is 6. The molecule has 5 heteroatoms. The van der Waals surface area contributed by atoms with E-state index in [4.69, 9.17) is 4.74 Å². The van der Waals surface area contributed by atoms with Crippen molar-refractivity contribution in [1.82, 2.24) is 14.7 Å². The van der Waals surface area contributed by atoms with Crippen LogP contribution in [0.25, 0.3) is 0 Å². The second-order valence-electron chi connectivity index (χ2n) is 8.45. The summed E-state index contributed by atoms with van der Waals surface area (Å²) in [6.07, 6.45) is 4.19. The van der Waals surface area contributed by atoms with Gasteiger partial charge in [-0.2, -0.15) is 5.10 Å². The highest BCUT2D eigenvalue weighted by molar-refractivity contribution is 5.95. The fourth-order valence-electron chi connectivity index (χ4n) is 4.56. The monoisotopic (exact) mass is 417 g/mol. The van der Waals surface area contributed by atoms with Crippen LogP contribution >= 0.6 is 0 Å². The molecule has 1 aliphatic rings. The summed E-state index contributed by atoms with van der Waals surface area (Å²) < 4.78 is 7.54. The summed E-state index contributed by atoms with van der Waals surface area (Å²) >= 11 is 0. The maximum Gasteiger partial charge on any atom is 0.254 e. The molecule has 5 nitrogen and oxygen atoms in total. The number of hydrogen-bond donors (Lipinski definition) is 0. The molecule has 1 atom stereocenters. The van der Waals surface area contributed by atoms with Gasteiger partial charge in [0.05, 0.1) is 19.3 Å². The summed E-state index contributed by atoms with van der Waals surface area (Å²) in [5.74, 6) is 0.890. The van der Waals surface area contributed by atoms with E-state index in [2.05, 4.69) is 40.3 Å². The van der Waals surface area contributed by atoms with Gasteiger partial charge in [-0.3, -0.25) is 9.48 Å². The van der Waals surface area contributed by atoms with E-state index in [-0.39, 0.29) is 11.9 Å². The molecular weight excluding hydrogens is 386 g/mol. The average molecular weight is 418 g/mol. The number of nitrogens with zero attached hydrogens (tertiary/aromatic N) is 3. The van der Waals surface area contributed by atoms with Gasteiger partial charge in [-0.15, -0.1) is 0 Å². The third-order valence-corrected chi connectivity index (χ3v) is 6.15. The third kappa shape index (κ3) is 4.82. The number of hydrogen-bond acceptors (Lipinski definition) is 3. The van der Waals surface area contributed by atoms with Gasteiger partial charge in [0.2, 0.25) is 0 Å². The summed E-state index contributed by atoms with van der Waals surface area (Å²) in [5.41, 5.74) is 5.05. The van der Waals surface area contributed by atoms with Crippen LogP contribution in [0.15, 0.2) is 54.6 Å². The van der Waals surface area contributed by atoms with Crippen molar-refractivity contribution < 1.29 is 9.53 Å². The first kappa shape index (κ1) is 21.2. The molecule has 0 aliphatic carbocycles. The first-order chi connectivity index (χ1) is 15.0. The van der Waals surface area contributed by atoms with E-state index in [9.17, 15) is 4.79 Å². The summed E-state index contributed by atoms with van der Waals surface area (Å²) in [6, 6.07) is 18.5. The molecule has 2 heterocycles. The fourth-order valence-corrected chi connectivity index (χ4v) is 4.56. The van der Waals surface area contributed by atoms with Crippen LogP contribution in [-0.4, -0.2) is 40.3 Å². The lowest BCUT2D eigenvalue weighted by Gasteiger charge is -2.36. The Morgan fingerprint density at radius 3 is 2.61 bits per heavy atom. The summed E-state index contributed by atoms with van der Waals surface area (Å²) in [5, 5.41) is 4.57. The molecule has 1 fully saturated rings. The first-order valence-electron chi connectivity index (χ1n) is 11.1. The zero-order valence-electron chi connectivity index (χ0n) is 18.7. The van der Waals surface area contributed by atoms with Crippen LogP contribution in [0.3, 0.4) is 0 Å². The topological polar surface area (TPSA) is 47.4 Å². The number of methoxy groups -OCH3 is 1. The van der Waals surface area contributed by atoms with Crippen LogP contribution in [0.1, 0.15) is 52.1 Å². The minimum absolute atomic E-state index is 0.109. The molecule has 1 aliphatic heterocycles. The number of aromatic nitrogens is 2. The largest absolute Gasteiger partial charge is 0.496 e. The predicted octanol–water partition coefficient (Wildman–Crippen LogP) is 4.79. The number of carbonyl (C=O) groups excluding carboxylic acids is 1. The van der Waals surface area contributed by atoms with Gasteiger partial charge < -0.3 is 9.64 Å². The molecule has 1 amide bonds. The van der Waals surface area contributed by atoms with Gasteiger partial charge in [-0.25, -0.2) is 0 Å². The molecule has 2 aromatic carbocycles. The lowest BCUT2D eigenvalue weighted by atomic mass is 9.94. The third-order valence-electron chi connectivity index (χ3n) is 6.15. The molecular formula is C26H31N3O2. The minimum Gasteiger partial charge on any atom is -0.496 e. The Balaban J connectivity index is 1.58. The van der Waals surface area contributed by atoms with Crippen LogP contribution in [0.5, 0.6) is 5.75 Å². The molecule has 0 bridgehead atoms. The number of ether oxygens (including phenoxy) is 1. The molecule has 1 unspecified atom stereocenters. The number of amides is 1. The Morgan fingerprint density at radius 2 is 1.90 bits per heavy atom. The van der Waals surface area contributed by atoms with Crippen LogP contribution < -0.4 is 4.74 Å². The van der Waals surface area contributed by atoms with E-state index in [1.807, 2.05) is 42.8 Å².